The van der Waals surface area contributed by atoms with Crippen LogP contribution in [0, 0.1) is 6.92 Å². The third-order valence-electron chi connectivity index (χ3n) is 3.54. The van der Waals surface area contributed by atoms with Gasteiger partial charge in [-0.15, -0.1) is 0 Å². The lowest BCUT2D eigenvalue weighted by molar-refractivity contribution is -0.111. The average Bonchev–Trinajstić information content (AvgIpc) is 3.04. The van der Waals surface area contributed by atoms with Gasteiger partial charge < -0.3 is 10.1 Å². The van der Waals surface area contributed by atoms with E-state index in [1.54, 1.807) is 18.2 Å². The minimum absolute atomic E-state index is 0.304. The Labute approximate surface area is 158 Å². The molecule has 25 heavy (non-hydrogen) atoms. The first-order valence-electron chi connectivity index (χ1n) is 7.23. The first-order valence-corrected chi connectivity index (χ1v) is 8.72. The predicted octanol–water partition coefficient (Wildman–Crippen LogP) is 4.97. The number of nitrogens with zero attached hydrogens (tertiary/aromatic N) is 2. The number of methoxy groups -OCH3 is 1. The number of benzene rings is 2. The number of aryl methyl sites for hydroxylation is 1. The van der Waals surface area contributed by atoms with E-state index in [0.717, 1.165) is 22.8 Å². The van der Waals surface area contributed by atoms with Crippen LogP contribution in [0.25, 0.3) is 17.1 Å². The van der Waals surface area contributed by atoms with Gasteiger partial charge in [0.2, 0.25) is 5.91 Å². The van der Waals surface area contributed by atoms with E-state index in [9.17, 15) is 4.79 Å². The second-order valence-corrected chi connectivity index (χ2v) is 6.59. The normalized spacial score (nSPS) is 11.2. The Bertz CT molecular complexity index is 985. The van der Waals surface area contributed by atoms with Crippen LogP contribution in [0.4, 0.5) is 5.69 Å². The zero-order valence-electron chi connectivity index (χ0n) is 13.3. The summed E-state index contributed by atoms with van der Waals surface area (Å²) in [5.41, 5.74) is 3.59. The molecular formula is C17H13Cl2N3O2S. The summed E-state index contributed by atoms with van der Waals surface area (Å²) in [4.78, 5) is 12.3. The third kappa shape index (κ3) is 3.76. The fourth-order valence-electron chi connectivity index (χ4n) is 2.36. The summed E-state index contributed by atoms with van der Waals surface area (Å²) < 4.78 is 13.7. The molecule has 0 fully saturated rings. The second-order valence-electron chi connectivity index (χ2n) is 5.22. The van der Waals surface area contributed by atoms with E-state index in [2.05, 4.69) is 14.1 Å². The van der Waals surface area contributed by atoms with Crippen LogP contribution < -0.4 is 10.1 Å². The standard InChI is InChI=1S/C17H13Cl2N3O2S/c1-9-3-5-13-16(22-25-21-13)15(9)20-14(23)6-4-10-7-11(18)8-12(19)17(10)24-2/h3-8H,1-2H3,(H,20,23)/b6-4+. The van der Waals surface area contributed by atoms with Gasteiger partial charge in [0.15, 0.2) is 0 Å². The average molecular weight is 394 g/mol. The highest BCUT2D eigenvalue weighted by atomic mass is 35.5. The number of aromatic nitrogens is 2. The molecule has 128 valence electrons. The maximum absolute atomic E-state index is 12.3. The van der Waals surface area contributed by atoms with Crippen LogP contribution in [0.1, 0.15) is 11.1 Å². The Morgan fingerprint density at radius 2 is 2.08 bits per heavy atom. The van der Waals surface area contributed by atoms with E-state index in [1.807, 2.05) is 19.1 Å². The van der Waals surface area contributed by atoms with Crippen LogP contribution in [-0.4, -0.2) is 21.8 Å². The molecule has 0 bridgehead atoms. The summed E-state index contributed by atoms with van der Waals surface area (Å²) in [5.74, 6) is 0.152. The number of hydrogen-bond donors (Lipinski definition) is 1. The van der Waals surface area contributed by atoms with E-state index in [0.29, 0.717) is 32.6 Å². The van der Waals surface area contributed by atoms with Crippen molar-refractivity contribution in [3.8, 4) is 5.75 Å². The fraction of sp³-hybridized carbons (Fsp3) is 0.118. The van der Waals surface area contributed by atoms with Gasteiger partial charge in [0.1, 0.15) is 16.8 Å². The molecule has 0 aliphatic heterocycles. The van der Waals surface area contributed by atoms with Crippen LogP contribution in [0.15, 0.2) is 30.3 Å². The number of amides is 1. The number of nitrogens with one attached hydrogen (secondary N) is 1. The minimum Gasteiger partial charge on any atom is -0.495 e. The molecule has 0 saturated heterocycles. The lowest BCUT2D eigenvalue weighted by Crippen LogP contribution is -2.09. The predicted molar refractivity (Wildman–Crippen MR) is 103 cm³/mol. The molecule has 0 aliphatic rings. The largest absolute Gasteiger partial charge is 0.495 e. The van der Waals surface area contributed by atoms with E-state index in [-0.39, 0.29) is 5.91 Å². The molecule has 1 heterocycles. The van der Waals surface area contributed by atoms with Gasteiger partial charge in [0.05, 0.1) is 29.5 Å². The molecule has 0 spiro atoms. The summed E-state index contributed by atoms with van der Waals surface area (Å²) >= 11 is 13.2. The van der Waals surface area contributed by atoms with Crippen LogP contribution in [0.2, 0.25) is 10.0 Å². The number of ether oxygens (including phenoxy) is 1. The molecule has 3 rings (SSSR count). The molecule has 0 aliphatic carbocycles. The van der Waals surface area contributed by atoms with Crippen molar-refractivity contribution < 1.29 is 9.53 Å². The van der Waals surface area contributed by atoms with E-state index >= 15 is 0 Å². The van der Waals surface area contributed by atoms with E-state index < -0.39 is 0 Å². The number of rotatable bonds is 4. The number of carbonyl (C=O) groups excluding carboxylic acids is 1. The van der Waals surface area contributed by atoms with Crippen LogP contribution in [0.5, 0.6) is 5.75 Å². The van der Waals surface area contributed by atoms with Crippen molar-refractivity contribution in [3.63, 3.8) is 0 Å². The lowest BCUT2D eigenvalue weighted by Gasteiger charge is -2.08. The van der Waals surface area contributed by atoms with Crippen LogP contribution >= 0.6 is 34.9 Å². The van der Waals surface area contributed by atoms with Crippen molar-refractivity contribution in [1.29, 1.82) is 0 Å². The quantitative estimate of drug-likeness (QED) is 0.635. The van der Waals surface area contributed by atoms with Crippen molar-refractivity contribution in [1.82, 2.24) is 8.75 Å². The summed E-state index contributed by atoms with van der Waals surface area (Å²) in [5, 5.41) is 3.69. The van der Waals surface area contributed by atoms with E-state index in [1.165, 1.54) is 13.2 Å². The molecule has 2 aromatic carbocycles. The SMILES string of the molecule is COc1c(Cl)cc(Cl)cc1/C=C/C(=O)Nc1c(C)ccc2nsnc12. The van der Waals surface area contributed by atoms with Gasteiger partial charge in [0.25, 0.3) is 0 Å². The van der Waals surface area contributed by atoms with Crippen LogP contribution in [0.3, 0.4) is 0 Å². The Morgan fingerprint density at radius 3 is 2.84 bits per heavy atom. The van der Waals surface area contributed by atoms with Gasteiger partial charge in [-0.1, -0.05) is 29.3 Å². The van der Waals surface area contributed by atoms with Crippen molar-refractivity contribution in [3.05, 3.63) is 51.5 Å². The number of carbonyl (C=O) groups is 1. The maximum Gasteiger partial charge on any atom is 0.248 e. The molecule has 1 aromatic heterocycles. The molecule has 3 aromatic rings. The topological polar surface area (TPSA) is 64.1 Å². The van der Waals surface area contributed by atoms with Crippen molar-refractivity contribution in [2.45, 2.75) is 6.92 Å². The summed E-state index contributed by atoms with van der Waals surface area (Å²) in [6, 6.07) is 7.02. The number of hydrogen-bond acceptors (Lipinski definition) is 5. The molecule has 0 atom stereocenters. The molecule has 0 unspecified atom stereocenters. The van der Waals surface area contributed by atoms with Crippen molar-refractivity contribution in [2.75, 3.05) is 12.4 Å². The highest BCUT2D eigenvalue weighted by molar-refractivity contribution is 7.00. The molecule has 1 N–H and O–H groups in total. The molecule has 0 radical (unpaired) electrons. The first-order chi connectivity index (χ1) is 12.0. The Morgan fingerprint density at radius 1 is 1.28 bits per heavy atom. The molecule has 5 nitrogen and oxygen atoms in total. The van der Waals surface area contributed by atoms with E-state index in [4.69, 9.17) is 27.9 Å². The highest BCUT2D eigenvalue weighted by Gasteiger charge is 2.11. The van der Waals surface area contributed by atoms with Gasteiger partial charge in [0, 0.05) is 16.7 Å². The van der Waals surface area contributed by atoms with Crippen LogP contribution in [-0.2, 0) is 4.79 Å². The highest BCUT2D eigenvalue weighted by Crippen LogP contribution is 2.33. The molecule has 0 saturated carbocycles. The van der Waals surface area contributed by atoms with Crippen molar-refractivity contribution >= 4 is 63.6 Å². The Hall–Kier alpha value is -2.15. The Balaban J connectivity index is 1.87. The lowest BCUT2D eigenvalue weighted by atomic mass is 10.1. The maximum atomic E-state index is 12.3. The third-order valence-corrected chi connectivity index (χ3v) is 4.58. The van der Waals surface area contributed by atoms with Gasteiger partial charge in [-0.3, -0.25) is 4.79 Å². The zero-order valence-corrected chi connectivity index (χ0v) is 15.7. The smallest absolute Gasteiger partial charge is 0.248 e. The fourth-order valence-corrected chi connectivity index (χ4v) is 3.49. The zero-order chi connectivity index (χ0) is 18.0. The summed E-state index contributed by atoms with van der Waals surface area (Å²) in [7, 11) is 1.51. The summed E-state index contributed by atoms with van der Waals surface area (Å²) in [6.07, 6.45) is 2.99. The molecule has 8 heteroatoms. The first kappa shape index (κ1) is 17.7. The Kier molecular flexibility index (Phi) is 5.22. The monoisotopic (exact) mass is 393 g/mol. The molecular weight excluding hydrogens is 381 g/mol. The van der Waals surface area contributed by atoms with Gasteiger partial charge in [-0.25, -0.2) is 0 Å². The number of halogens is 2. The van der Waals surface area contributed by atoms with Crippen molar-refractivity contribution in [2.24, 2.45) is 0 Å². The molecule has 1 amide bonds. The second kappa shape index (κ2) is 7.39. The van der Waals surface area contributed by atoms with Gasteiger partial charge in [-0.2, -0.15) is 8.75 Å². The minimum atomic E-state index is -0.304. The van der Waals surface area contributed by atoms with Gasteiger partial charge in [-0.05, 0) is 36.8 Å². The number of fused-ring (bicyclic) bond motifs is 1. The summed E-state index contributed by atoms with van der Waals surface area (Å²) in [6.45, 7) is 1.90. The number of anilines is 1. The van der Waals surface area contributed by atoms with Gasteiger partial charge >= 0.3 is 0 Å².